The van der Waals surface area contributed by atoms with Crippen molar-refractivity contribution in [3.05, 3.63) is 12.2 Å². The average Bonchev–Trinajstić information content (AvgIpc) is 2.30. The van der Waals surface area contributed by atoms with Crippen LogP contribution in [0.5, 0.6) is 0 Å². The molecule has 1 aliphatic heterocycles. The normalized spacial score (nSPS) is 23.9. The topological polar surface area (TPSA) is 46.2 Å². The molecule has 1 saturated heterocycles. The third-order valence-corrected chi connectivity index (χ3v) is 3.41. The summed E-state index contributed by atoms with van der Waals surface area (Å²) in [6, 6.07) is 0. The Kier molecular flexibility index (Phi) is 4.92. The largest absolute Gasteiger partial charge is 0.317 e. The van der Waals surface area contributed by atoms with Crippen molar-refractivity contribution in [3.8, 4) is 0 Å². The number of nitrogens with one attached hydrogen (secondary N) is 1. The molecule has 3 nitrogen and oxygen atoms in total. The van der Waals surface area contributed by atoms with E-state index in [1.165, 1.54) is 0 Å². The number of carbonyl (C=O) groups is 2. The zero-order valence-corrected chi connectivity index (χ0v) is 11.0. The van der Waals surface area contributed by atoms with Crippen molar-refractivity contribution in [2.24, 2.45) is 5.41 Å². The van der Waals surface area contributed by atoms with Gasteiger partial charge in [-0.25, -0.2) is 0 Å². The van der Waals surface area contributed by atoms with Gasteiger partial charge in [-0.2, -0.15) is 0 Å². The van der Waals surface area contributed by atoms with E-state index < -0.39 is 0 Å². The molecule has 86 valence electrons. The van der Waals surface area contributed by atoms with Gasteiger partial charge in [-0.1, -0.05) is 6.58 Å². The summed E-state index contributed by atoms with van der Waals surface area (Å²) in [6.07, 6.45) is 2.94. The summed E-state index contributed by atoms with van der Waals surface area (Å²) in [6.45, 7) is 5.39. The fourth-order valence-electron chi connectivity index (χ4n) is 2.42. The van der Waals surface area contributed by atoms with Gasteiger partial charge >= 0.3 is 0 Å². The highest BCUT2D eigenvalue weighted by Crippen LogP contribution is 2.41. The van der Waals surface area contributed by atoms with Gasteiger partial charge in [-0.3, -0.25) is 9.59 Å². The minimum Gasteiger partial charge on any atom is -0.317 e. The first-order chi connectivity index (χ1) is 7.63. The number of hydrogen-bond donors (Lipinski definition) is 1. The molecule has 2 fully saturated rings. The molecule has 2 radical (unpaired) electrons. The third-order valence-electron chi connectivity index (χ3n) is 3.41. The molecule has 2 rings (SSSR count). The zero-order chi connectivity index (χ0) is 12.2. The lowest BCUT2D eigenvalue weighted by atomic mass is 9.66. The van der Waals surface area contributed by atoms with Gasteiger partial charge in [0.1, 0.15) is 16.3 Å². The van der Waals surface area contributed by atoms with E-state index in [0.717, 1.165) is 25.9 Å². The van der Waals surface area contributed by atoms with Crippen LogP contribution in [0.4, 0.5) is 0 Å². The maximum Gasteiger partial charge on any atom is 0.166 e. The van der Waals surface area contributed by atoms with Gasteiger partial charge in [-0.05, 0) is 31.3 Å². The lowest BCUT2D eigenvalue weighted by Crippen LogP contribution is -2.43. The van der Waals surface area contributed by atoms with E-state index in [-0.39, 0.29) is 22.6 Å². The Morgan fingerprint density at radius 3 is 2.00 bits per heavy atom. The van der Waals surface area contributed by atoms with Crippen molar-refractivity contribution in [2.75, 3.05) is 13.1 Å². The van der Waals surface area contributed by atoms with Crippen LogP contribution in [-0.2, 0) is 9.59 Å². The molecule has 0 atom stereocenters. The highest BCUT2D eigenvalue weighted by molar-refractivity contribution is 6.21. The molecule has 16 heavy (non-hydrogen) atoms. The van der Waals surface area contributed by atoms with Gasteiger partial charge in [0.05, 0.1) is 5.57 Å². The van der Waals surface area contributed by atoms with Gasteiger partial charge in [0.2, 0.25) is 0 Å². The van der Waals surface area contributed by atoms with E-state index in [1.54, 1.807) is 0 Å². The summed E-state index contributed by atoms with van der Waals surface area (Å²) in [7, 11) is 0. The highest BCUT2D eigenvalue weighted by Gasteiger charge is 2.41. The Morgan fingerprint density at radius 2 is 1.56 bits per heavy atom. The van der Waals surface area contributed by atoms with Crippen LogP contribution in [0.15, 0.2) is 12.2 Å². The first kappa shape index (κ1) is 13.6. The summed E-state index contributed by atoms with van der Waals surface area (Å²) < 4.78 is 0. The summed E-state index contributed by atoms with van der Waals surface area (Å²) >= 11 is 2.42. The van der Waals surface area contributed by atoms with Crippen molar-refractivity contribution < 1.29 is 9.59 Å². The van der Waals surface area contributed by atoms with Crippen molar-refractivity contribution in [3.63, 3.8) is 0 Å². The lowest BCUT2D eigenvalue weighted by Gasteiger charge is -2.39. The standard InChI is InChI=1S/C11H15NO2.CH3.Al/c1-8-9(13)6-11(7-10(8)14)2-4-12-5-3-11;;/h12H,1-7H2;1H3;. The maximum atomic E-state index is 11.5. The molecule has 0 bridgehead atoms. The Balaban J connectivity index is 0.000000606. The summed E-state index contributed by atoms with van der Waals surface area (Å²) in [5.74, 6) is 1.84. The minimum absolute atomic E-state index is 0.0387. The number of allylic oxidation sites excluding steroid dienone is 1. The fraction of sp³-hybridized carbons (Fsp3) is 0.667. The van der Waals surface area contributed by atoms with Crippen LogP contribution in [0.2, 0.25) is 5.79 Å². The Morgan fingerprint density at radius 1 is 1.12 bits per heavy atom. The predicted molar refractivity (Wildman–Crippen MR) is 64.5 cm³/mol. The first-order valence-electron chi connectivity index (χ1n) is 5.67. The van der Waals surface area contributed by atoms with Crippen LogP contribution < -0.4 is 5.32 Å². The van der Waals surface area contributed by atoms with E-state index in [4.69, 9.17) is 0 Å². The first-order valence-corrected chi connectivity index (χ1v) is 6.82. The second-order valence-corrected chi connectivity index (χ2v) is 4.43. The smallest absolute Gasteiger partial charge is 0.166 e. The van der Waals surface area contributed by atoms with Gasteiger partial charge in [0.25, 0.3) is 0 Å². The molecular weight excluding hydrogens is 217 g/mol. The minimum atomic E-state index is -0.0411. The van der Waals surface area contributed by atoms with E-state index >= 15 is 0 Å². The van der Waals surface area contributed by atoms with Crippen LogP contribution in [0, 0.1) is 5.41 Å². The van der Waals surface area contributed by atoms with E-state index in [9.17, 15) is 9.59 Å². The van der Waals surface area contributed by atoms with E-state index in [1.807, 2.05) is 5.79 Å². The number of Topliss-reactive ketones (excluding diaryl/α,β-unsaturated/α-hetero) is 2. The second kappa shape index (κ2) is 5.77. The van der Waals surface area contributed by atoms with Crippen molar-refractivity contribution in [1.82, 2.24) is 5.32 Å². The van der Waals surface area contributed by atoms with Crippen LogP contribution >= 0.6 is 0 Å². The Hall–Kier alpha value is -0.428. The van der Waals surface area contributed by atoms with Crippen molar-refractivity contribution >= 4 is 27.9 Å². The SMILES string of the molecule is C=C1C(=O)CC2(CCNCC2)CC1=O.[CH3][Al]. The molecule has 2 aliphatic rings. The monoisotopic (exact) mass is 235 g/mol. The number of piperidine rings is 1. The van der Waals surface area contributed by atoms with Crippen molar-refractivity contribution in [1.29, 1.82) is 0 Å². The van der Waals surface area contributed by atoms with Crippen LogP contribution in [0.3, 0.4) is 0 Å². The maximum absolute atomic E-state index is 11.5. The predicted octanol–water partition coefficient (Wildman–Crippen LogP) is 1.05. The molecule has 1 aliphatic carbocycles. The molecule has 1 spiro atoms. The molecule has 1 heterocycles. The van der Waals surface area contributed by atoms with Gasteiger partial charge in [0, 0.05) is 12.8 Å². The third kappa shape index (κ3) is 2.82. The second-order valence-electron chi connectivity index (χ2n) is 4.43. The van der Waals surface area contributed by atoms with E-state index in [0.29, 0.717) is 12.8 Å². The van der Waals surface area contributed by atoms with Crippen LogP contribution in [0.1, 0.15) is 25.7 Å². The van der Waals surface area contributed by atoms with Crippen LogP contribution in [0.25, 0.3) is 0 Å². The fourth-order valence-corrected chi connectivity index (χ4v) is 2.42. The summed E-state index contributed by atoms with van der Waals surface area (Å²) in [4.78, 5) is 23.1. The highest BCUT2D eigenvalue weighted by atomic mass is 27.0. The Labute approximate surface area is 105 Å². The number of carbonyl (C=O) groups excluding carboxylic acids is 2. The molecule has 1 N–H and O–H groups in total. The molecule has 0 amide bonds. The van der Waals surface area contributed by atoms with Crippen molar-refractivity contribution in [2.45, 2.75) is 31.5 Å². The lowest BCUT2D eigenvalue weighted by molar-refractivity contribution is -0.129. The Bertz CT molecular complexity index is 284. The van der Waals surface area contributed by atoms with Gasteiger partial charge < -0.3 is 5.32 Å². The number of hydrogen-bond acceptors (Lipinski definition) is 3. The van der Waals surface area contributed by atoms with Crippen LogP contribution in [-0.4, -0.2) is 40.9 Å². The molecule has 4 heteroatoms. The molecule has 0 unspecified atom stereocenters. The quantitative estimate of drug-likeness (QED) is 0.388. The summed E-state index contributed by atoms with van der Waals surface area (Å²) in [5.41, 5.74) is 0.176. The molecule has 0 aromatic rings. The molecule has 0 aromatic heterocycles. The molecular formula is C12H18AlNO2. The molecule has 0 aromatic carbocycles. The number of ketones is 2. The molecule has 1 saturated carbocycles. The average molecular weight is 235 g/mol. The van der Waals surface area contributed by atoms with E-state index in [2.05, 4.69) is 28.2 Å². The van der Waals surface area contributed by atoms with Gasteiger partial charge in [-0.15, -0.1) is 5.79 Å². The zero-order valence-electron chi connectivity index (χ0n) is 9.84. The summed E-state index contributed by atoms with van der Waals surface area (Å²) in [5, 5.41) is 3.25. The number of rotatable bonds is 0. The van der Waals surface area contributed by atoms with Gasteiger partial charge in [0.15, 0.2) is 11.6 Å².